The number of anilines is 2. The maximum absolute atomic E-state index is 8.83. The van der Waals surface area contributed by atoms with Crippen molar-refractivity contribution < 1.29 is 4.74 Å². The molecule has 1 saturated heterocycles. The number of hydrogen-bond acceptors (Lipinski definition) is 7. The second kappa shape index (κ2) is 10.2. The Hall–Kier alpha value is -3.44. The zero-order valence-corrected chi connectivity index (χ0v) is 18.6. The molecule has 0 aliphatic carbocycles. The highest BCUT2D eigenvalue weighted by molar-refractivity contribution is 5.71. The molecule has 8 heteroatoms. The van der Waals surface area contributed by atoms with Gasteiger partial charge in [0.15, 0.2) is 11.5 Å². The summed E-state index contributed by atoms with van der Waals surface area (Å²) in [5.74, 6) is 2.78. The summed E-state index contributed by atoms with van der Waals surface area (Å²) in [5.41, 5.74) is 3.38. The lowest BCUT2D eigenvalue weighted by molar-refractivity contribution is 0.187. The number of nitrogens with zero attached hydrogens (tertiary/aromatic N) is 5. The van der Waals surface area contributed by atoms with Crippen LogP contribution in [0.5, 0.6) is 5.75 Å². The van der Waals surface area contributed by atoms with Gasteiger partial charge in [-0.1, -0.05) is 13.0 Å². The van der Waals surface area contributed by atoms with E-state index in [9.17, 15) is 0 Å². The number of hydrogen-bond donors (Lipinski definition) is 2. The van der Waals surface area contributed by atoms with E-state index in [1.165, 1.54) is 50.3 Å². The summed E-state index contributed by atoms with van der Waals surface area (Å²) in [6.45, 7) is 5.87. The Labute approximate surface area is 188 Å². The van der Waals surface area contributed by atoms with E-state index >= 15 is 0 Å². The summed E-state index contributed by atoms with van der Waals surface area (Å²) in [6, 6.07) is 10.3. The molecular weight excluding hydrogens is 402 g/mol. The summed E-state index contributed by atoms with van der Waals surface area (Å²) in [7, 11) is 1.70. The highest BCUT2D eigenvalue weighted by Gasteiger charge is 2.18. The number of likely N-dealkylation sites (tertiary alicyclic amines) is 1. The maximum Gasteiger partial charge on any atom is 0.158 e. The van der Waals surface area contributed by atoms with Gasteiger partial charge in [-0.15, -0.1) is 0 Å². The molecule has 0 amide bonds. The van der Waals surface area contributed by atoms with Crippen molar-refractivity contribution in [2.24, 2.45) is 5.92 Å². The third-order valence-corrected chi connectivity index (χ3v) is 6.15. The molecule has 0 unspecified atom stereocenters. The van der Waals surface area contributed by atoms with Gasteiger partial charge in [-0.2, -0.15) is 10.4 Å². The molecule has 2 aromatic heterocycles. The third kappa shape index (κ3) is 5.24. The van der Waals surface area contributed by atoms with Gasteiger partial charge < -0.3 is 15.0 Å². The molecule has 3 aromatic rings. The fourth-order valence-corrected chi connectivity index (χ4v) is 4.18. The van der Waals surface area contributed by atoms with Crippen molar-refractivity contribution in [1.82, 2.24) is 25.1 Å². The quantitative estimate of drug-likeness (QED) is 0.552. The highest BCUT2D eigenvalue weighted by atomic mass is 16.5. The van der Waals surface area contributed by atoms with Gasteiger partial charge in [0.25, 0.3) is 0 Å². The number of methoxy groups -OCH3 is 1. The normalized spacial score (nSPS) is 14.8. The van der Waals surface area contributed by atoms with Crippen LogP contribution in [0, 0.1) is 17.2 Å². The van der Waals surface area contributed by atoms with Gasteiger partial charge in [0, 0.05) is 11.6 Å². The second-order valence-corrected chi connectivity index (χ2v) is 8.14. The standard InChI is InChI=1S/C24H29N7O/c1-3-31-10-8-17(9-11-31)4-5-18-6-7-20(22(12-18)32-2)21-13-23(30-29-21)28-24-16-26-19(14-25)15-27-24/h6-7,12-13,15-17H,3-5,8-11H2,1-2H3,(H2,27,28,29,30). The van der Waals surface area contributed by atoms with Crippen LogP contribution in [0.1, 0.15) is 37.4 Å². The number of nitrogens with one attached hydrogen (secondary N) is 2. The second-order valence-electron chi connectivity index (χ2n) is 8.14. The number of nitriles is 1. The molecule has 0 atom stereocenters. The first-order valence-corrected chi connectivity index (χ1v) is 11.1. The minimum Gasteiger partial charge on any atom is -0.496 e. The lowest BCUT2D eigenvalue weighted by atomic mass is 9.90. The molecule has 0 spiro atoms. The van der Waals surface area contributed by atoms with Crippen molar-refractivity contribution in [2.75, 3.05) is 32.1 Å². The molecule has 1 aliphatic rings. The summed E-state index contributed by atoms with van der Waals surface area (Å²) >= 11 is 0. The van der Waals surface area contributed by atoms with E-state index in [0.29, 0.717) is 11.6 Å². The van der Waals surface area contributed by atoms with Crippen LogP contribution in [0.3, 0.4) is 0 Å². The van der Waals surface area contributed by atoms with Gasteiger partial charge in [0.2, 0.25) is 0 Å². The van der Waals surface area contributed by atoms with Crippen molar-refractivity contribution in [3.63, 3.8) is 0 Å². The maximum atomic E-state index is 8.83. The van der Waals surface area contributed by atoms with Crippen LogP contribution in [-0.2, 0) is 6.42 Å². The first-order chi connectivity index (χ1) is 15.7. The lowest BCUT2D eigenvalue weighted by Crippen LogP contribution is -2.33. The molecule has 2 N–H and O–H groups in total. The fraction of sp³-hybridized carbons (Fsp3) is 0.417. The van der Waals surface area contributed by atoms with E-state index < -0.39 is 0 Å². The molecule has 8 nitrogen and oxygen atoms in total. The first-order valence-electron chi connectivity index (χ1n) is 11.1. The molecular formula is C24H29N7O. The smallest absolute Gasteiger partial charge is 0.158 e. The third-order valence-electron chi connectivity index (χ3n) is 6.15. The van der Waals surface area contributed by atoms with Gasteiger partial charge >= 0.3 is 0 Å². The van der Waals surface area contributed by atoms with Crippen molar-refractivity contribution in [3.8, 4) is 23.1 Å². The topological polar surface area (TPSA) is 103 Å². The van der Waals surface area contributed by atoms with Crippen LogP contribution in [0.4, 0.5) is 11.6 Å². The number of H-pyrrole nitrogens is 1. The Kier molecular flexibility index (Phi) is 6.97. The van der Waals surface area contributed by atoms with E-state index in [4.69, 9.17) is 10.00 Å². The SMILES string of the molecule is CCN1CCC(CCc2ccc(-c3cc(Nc4cnc(C#N)cn4)n[nH]3)c(OC)c2)CC1. The summed E-state index contributed by atoms with van der Waals surface area (Å²) in [4.78, 5) is 10.7. The zero-order valence-electron chi connectivity index (χ0n) is 18.6. The Bertz CT molecular complexity index is 1060. The number of aryl methyl sites for hydroxylation is 1. The van der Waals surface area contributed by atoms with Gasteiger partial charge in [-0.25, -0.2) is 9.97 Å². The average molecular weight is 432 g/mol. The lowest BCUT2D eigenvalue weighted by Gasteiger charge is -2.31. The largest absolute Gasteiger partial charge is 0.496 e. The summed E-state index contributed by atoms with van der Waals surface area (Å²) in [6.07, 6.45) is 7.83. The number of piperidine rings is 1. The Morgan fingerprint density at radius 2 is 2.03 bits per heavy atom. The van der Waals surface area contributed by atoms with E-state index in [-0.39, 0.29) is 5.69 Å². The number of aromatic nitrogens is 4. The van der Waals surface area contributed by atoms with Crippen molar-refractivity contribution >= 4 is 11.6 Å². The minimum atomic E-state index is 0.273. The van der Waals surface area contributed by atoms with E-state index in [1.54, 1.807) is 7.11 Å². The van der Waals surface area contributed by atoms with Gasteiger partial charge in [0.1, 0.15) is 17.6 Å². The Morgan fingerprint density at radius 1 is 1.19 bits per heavy atom. The number of ether oxygens (including phenoxy) is 1. The average Bonchev–Trinajstić information content (AvgIpc) is 3.31. The minimum absolute atomic E-state index is 0.273. The molecule has 0 radical (unpaired) electrons. The van der Waals surface area contributed by atoms with Crippen LogP contribution in [0.15, 0.2) is 36.7 Å². The van der Waals surface area contributed by atoms with Gasteiger partial charge in [-0.05, 0) is 68.9 Å². The van der Waals surface area contributed by atoms with Crippen LogP contribution < -0.4 is 10.1 Å². The molecule has 0 saturated carbocycles. The first kappa shape index (κ1) is 21.8. The van der Waals surface area contributed by atoms with E-state index in [1.807, 2.05) is 12.1 Å². The summed E-state index contributed by atoms with van der Waals surface area (Å²) in [5, 5.41) is 19.3. The van der Waals surface area contributed by atoms with Crippen LogP contribution >= 0.6 is 0 Å². The number of aromatic amines is 1. The van der Waals surface area contributed by atoms with Crippen LogP contribution in [-0.4, -0.2) is 51.8 Å². The molecule has 1 fully saturated rings. The molecule has 4 rings (SSSR count). The van der Waals surface area contributed by atoms with Crippen molar-refractivity contribution in [1.29, 1.82) is 5.26 Å². The Balaban J connectivity index is 1.40. The molecule has 166 valence electrons. The van der Waals surface area contributed by atoms with Gasteiger partial charge in [0.05, 0.1) is 25.2 Å². The van der Waals surface area contributed by atoms with Crippen LogP contribution in [0.2, 0.25) is 0 Å². The van der Waals surface area contributed by atoms with Crippen LogP contribution in [0.25, 0.3) is 11.3 Å². The summed E-state index contributed by atoms with van der Waals surface area (Å²) < 4.78 is 5.69. The number of benzene rings is 1. The number of rotatable bonds is 8. The molecule has 1 aliphatic heterocycles. The molecule has 0 bridgehead atoms. The zero-order chi connectivity index (χ0) is 22.3. The molecule has 3 heterocycles. The molecule has 1 aromatic carbocycles. The monoisotopic (exact) mass is 431 g/mol. The predicted octanol–water partition coefficient (Wildman–Crippen LogP) is 4.16. The van der Waals surface area contributed by atoms with Crippen molar-refractivity contribution in [2.45, 2.75) is 32.6 Å². The Morgan fingerprint density at radius 3 is 2.72 bits per heavy atom. The fourth-order valence-electron chi connectivity index (χ4n) is 4.18. The predicted molar refractivity (Wildman–Crippen MR) is 124 cm³/mol. The molecule has 32 heavy (non-hydrogen) atoms. The highest BCUT2D eigenvalue weighted by Crippen LogP contribution is 2.32. The van der Waals surface area contributed by atoms with Crippen molar-refractivity contribution in [3.05, 3.63) is 47.9 Å². The van der Waals surface area contributed by atoms with E-state index in [0.717, 1.165) is 35.9 Å². The van der Waals surface area contributed by atoms with E-state index in [2.05, 4.69) is 55.5 Å². The van der Waals surface area contributed by atoms with Gasteiger partial charge in [-0.3, -0.25) is 5.10 Å².